The number of hydrogen-bond acceptors (Lipinski definition) is 4. The molecule has 4 aromatic rings. The Kier molecular flexibility index (Phi) is 19.6. The van der Waals surface area contributed by atoms with Gasteiger partial charge in [0.1, 0.15) is 0 Å². The Morgan fingerprint density at radius 2 is 0.583 bits per heavy atom. The average molecular weight is 735 g/mol. The number of hydrogen-bond donors (Lipinski definition) is 0. The van der Waals surface area contributed by atoms with Gasteiger partial charge in [-0.05, 0) is 48.5 Å². The summed E-state index contributed by atoms with van der Waals surface area (Å²) < 4.78 is 61.8. The molecule has 200 valence electrons. The van der Waals surface area contributed by atoms with Gasteiger partial charge in [-0.1, -0.05) is 24.3 Å². The molecule has 4 rings (SSSR count). The van der Waals surface area contributed by atoms with E-state index in [9.17, 15) is 26.3 Å². The van der Waals surface area contributed by atoms with Gasteiger partial charge in [0.2, 0.25) is 0 Å². The van der Waals surface area contributed by atoms with Crippen molar-refractivity contribution in [2.24, 2.45) is 0 Å². The third-order valence-electron chi connectivity index (χ3n) is 3.18. The Morgan fingerprint density at radius 1 is 0.417 bits per heavy atom. The predicted octanol–water partition coefficient (Wildman–Crippen LogP) is 5.63. The largest absolute Gasteiger partial charge is 0.255 e. The van der Waals surface area contributed by atoms with E-state index in [-0.39, 0.29) is 34.1 Å². The molecular formula is C22H16Cu2F6N4Se2. The fraction of sp³-hybridized carbons (Fsp3) is 0.0909. The minimum Gasteiger partial charge on any atom is -0.255 e. The van der Waals surface area contributed by atoms with Crippen molar-refractivity contribution < 1.29 is 60.5 Å². The summed E-state index contributed by atoms with van der Waals surface area (Å²) in [5, 5.41) is -8.25. The Morgan fingerprint density at radius 3 is 0.694 bits per heavy atom. The Balaban J connectivity index is 0. The zero-order chi connectivity index (χ0) is 25.5. The van der Waals surface area contributed by atoms with Gasteiger partial charge in [0.05, 0.1) is 22.8 Å². The predicted molar refractivity (Wildman–Crippen MR) is 119 cm³/mol. The van der Waals surface area contributed by atoms with Crippen LogP contribution in [0.15, 0.2) is 97.6 Å². The van der Waals surface area contributed by atoms with E-state index in [1.807, 2.05) is 72.8 Å². The van der Waals surface area contributed by atoms with Crippen molar-refractivity contribution in [3.63, 3.8) is 0 Å². The minimum atomic E-state index is -4.12. The molecule has 0 unspecified atom stereocenters. The first-order chi connectivity index (χ1) is 15.9. The molecule has 0 aromatic carbocycles. The summed E-state index contributed by atoms with van der Waals surface area (Å²) in [6.07, 6.45) is 7.07. The van der Waals surface area contributed by atoms with Crippen LogP contribution in [0.5, 0.6) is 0 Å². The quantitative estimate of drug-likeness (QED) is 0.198. The van der Waals surface area contributed by atoms with E-state index in [1.165, 1.54) is 0 Å². The van der Waals surface area contributed by atoms with Crippen molar-refractivity contribution in [2.75, 3.05) is 0 Å². The molecule has 4 aromatic heterocycles. The molecule has 4 radical (unpaired) electrons. The monoisotopic (exact) mass is 736 g/mol. The summed E-state index contributed by atoms with van der Waals surface area (Å²) in [5.41, 5.74) is 3.66. The maximum atomic E-state index is 10.3. The molecule has 0 saturated heterocycles. The first-order valence-corrected chi connectivity index (χ1v) is 10.8. The molecule has 0 aliphatic carbocycles. The summed E-state index contributed by atoms with van der Waals surface area (Å²) in [5.74, 6) is 0. The summed E-state index contributed by atoms with van der Waals surface area (Å²) in [4.78, 5) is 16.7. The summed E-state index contributed by atoms with van der Waals surface area (Å²) in [6, 6.07) is 23.2. The normalized spacial score (nSPS) is 9.78. The van der Waals surface area contributed by atoms with Crippen molar-refractivity contribution in [1.29, 1.82) is 0 Å². The zero-order valence-corrected chi connectivity index (χ0v) is 23.0. The van der Waals surface area contributed by atoms with E-state index >= 15 is 0 Å². The molecule has 0 fully saturated rings. The molecule has 0 saturated carbocycles. The van der Waals surface area contributed by atoms with Crippen LogP contribution in [-0.2, 0) is 34.1 Å². The second-order valence-electron chi connectivity index (χ2n) is 5.75. The maximum absolute atomic E-state index is 10.3. The van der Waals surface area contributed by atoms with Crippen molar-refractivity contribution >= 4 is 32.0 Å². The van der Waals surface area contributed by atoms with Gasteiger partial charge in [-0.3, -0.25) is 19.9 Å². The molecular weight excluding hydrogens is 719 g/mol. The van der Waals surface area contributed by atoms with E-state index in [4.69, 9.17) is 0 Å². The van der Waals surface area contributed by atoms with Gasteiger partial charge in [-0.2, -0.15) is 0 Å². The first-order valence-electron chi connectivity index (χ1n) is 9.12. The van der Waals surface area contributed by atoms with Crippen LogP contribution < -0.4 is 0 Å². The van der Waals surface area contributed by atoms with Crippen LogP contribution in [-0.4, -0.2) is 62.1 Å². The van der Waals surface area contributed by atoms with Gasteiger partial charge >= 0.3 is 68.5 Å². The van der Waals surface area contributed by atoms with Crippen molar-refractivity contribution in [3.05, 3.63) is 97.6 Å². The standard InChI is InChI=1S/2C10H8N2.2CF3Se.2Cu/c2*1-3-7-11-9(5-1)10-6-2-4-8-12-10;2*2-1(3,4)5;;/h2*1-8H;;;;. The van der Waals surface area contributed by atoms with Gasteiger partial charge < -0.3 is 0 Å². The van der Waals surface area contributed by atoms with Gasteiger partial charge in [-0.25, -0.2) is 0 Å². The van der Waals surface area contributed by atoms with Crippen LogP contribution in [0.3, 0.4) is 0 Å². The Hall–Kier alpha value is -1.74. The SMILES string of the molecule is FC(F)(F)[Se].FC(F)(F)[Se].[Cu].[Cu].c1ccc(-c2ccccn2)nc1.c1ccc(-c2ccccn2)nc1. The Bertz CT molecular complexity index is 874. The van der Waals surface area contributed by atoms with Gasteiger partial charge in [0, 0.05) is 58.9 Å². The fourth-order valence-electron chi connectivity index (χ4n) is 2.06. The van der Waals surface area contributed by atoms with E-state index in [2.05, 4.69) is 19.9 Å². The zero-order valence-electron chi connectivity index (χ0n) is 17.7. The second kappa shape index (κ2) is 19.4. The molecule has 0 aliphatic heterocycles. The van der Waals surface area contributed by atoms with E-state index in [1.54, 1.807) is 24.8 Å². The third kappa shape index (κ3) is 21.5. The van der Waals surface area contributed by atoms with E-state index in [0.717, 1.165) is 54.8 Å². The molecule has 4 nitrogen and oxygen atoms in total. The molecule has 4 heterocycles. The fourth-order valence-corrected chi connectivity index (χ4v) is 2.06. The number of pyridine rings is 4. The number of halogens is 6. The molecule has 0 aliphatic rings. The minimum absolute atomic E-state index is 0. The first kappa shape index (κ1) is 36.4. The van der Waals surface area contributed by atoms with E-state index in [0.29, 0.717) is 0 Å². The van der Waals surface area contributed by atoms with Gasteiger partial charge in [-0.15, -0.1) is 0 Å². The van der Waals surface area contributed by atoms with E-state index < -0.39 is 10.1 Å². The Labute approximate surface area is 241 Å². The van der Waals surface area contributed by atoms with Crippen LogP contribution in [0.25, 0.3) is 22.8 Å². The summed E-state index contributed by atoms with van der Waals surface area (Å²) >= 11 is 1.96. The summed E-state index contributed by atoms with van der Waals surface area (Å²) in [6.45, 7) is 0. The number of rotatable bonds is 2. The third-order valence-corrected chi connectivity index (χ3v) is 3.18. The number of alkyl halides is 6. The molecule has 0 bridgehead atoms. The summed E-state index contributed by atoms with van der Waals surface area (Å²) in [7, 11) is 0. The number of nitrogens with zero attached hydrogens (tertiary/aromatic N) is 4. The van der Waals surface area contributed by atoms with Crippen molar-refractivity contribution in [2.45, 2.75) is 10.1 Å². The van der Waals surface area contributed by atoms with Gasteiger partial charge in [0.15, 0.2) is 0 Å². The molecule has 0 atom stereocenters. The molecule has 14 heteroatoms. The number of aromatic nitrogens is 4. The smallest absolute Gasteiger partial charge is 0.0886 e. The van der Waals surface area contributed by atoms with Crippen LogP contribution in [0, 0.1) is 0 Å². The molecule has 0 spiro atoms. The maximum Gasteiger partial charge on any atom is 0.0886 e. The topological polar surface area (TPSA) is 51.6 Å². The van der Waals surface area contributed by atoms with Crippen LogP contribution in [0.1, 0.15) is 0 Å². The van der Waals surface area contributed by atoms with Crippen LogP contribution >= 0.6 is 0 Å². The molecule has 36 heavy (non-hydrogen) atoms. The van der Waals surface area contributed by atoms with Crippen molar-refractivity contribution in [3.8, 4) is 22.8 Å². The second-order valence-corrected chi connectivity index (χ2v) is 7.69. The van der Waals surface area contributed by atoms with Crippen LogP contribution in [0.2, 0.25) is 0 Å². The van der Waals surface area contributed by atoms with Gasteiger partial charge in [0.25, 0.3) is 0 Å². The van der Waals surface area contributed by atoms with Crippen molar-refractivity contribution in [1.82, 2.24) is 19.9 Å². The average Bonchev–Trinajstić information content (AvgIpc) is 2.80. The molecule has 0 amide bonds. The van der Waals surface area contributed by atoms with Crippen LogP contribution in [0.4, 0.5) is 26.3 Å². The molecule has 0 N–H and O–H groups in total.